The molecule has 2 N–H and O–H groups in total. The second kappa shape index (κ2) is 6.51. The van der Waals surface area contributed by atoms with Crippen LogP contribution < -0.4 is 10.6 Å². The molecule has 20 heavy (non-hydrogen) atoms. The van der Waals surface area contributed by atoms with Crippen molar-refractivity contribution in [2.24, 2.45) is 0 Å². The maximum Gasteiger partial charge on any atom is 0.314 e. The number of anilines is 1. The molecule has 0 radical (unpaired) electrons. The monoisotopic (exact) mass is 280 g/mol. The lowest BCUT2D eigenvalue weighted by Gasteiger charge is -2.22. The Hall–Kier alpha value is -1.89. The Kier molecular flexibility index (Phi) is 4.73. The number of hydrogen-bond acceptors (Lipinski definition) is 5. The maximum atomic E-state index is 11.7. The third kappa shape index (κ3) is 3.57. The number of hydrogen-bond donors (Lipinski definition) is 2. The summed E-state index contributed by atoms with van der Waals surface area (Å²) in [6.07, 6.45) is 2.19. The molecule has 1 atom stereocenters. The van der Waals surface area contributed by atoms with E-state index < -0.39 is 11.8 Å². The summed E-state index contributed by atoms with van der Waals surface area (Å²) < 4.78 is 4.81. The van der Waals surface area contributed by atoms with Crippen molar-refractivity contribution in [1.29, 1.82) is 0 Å². The van der Waals surface area contributed by atoms with Crippen molar-refractivity contribution >= 4 is 17.6 Å². The fourth-order valence-electron chi connectivity index (χ4n) is 2.43. The molecule has 1 aliphatic heterocycles. The highest BCUT2D eigenvalue weighted by atomic mass is 16.5. The molecule has 1 aromatic heterocycles. The van der Waals surface area contributed by atoms with Crippen molar-refractivity contribution in [3.8, 4) is 0 Å². The van der Waals surface area contributed by atoms with Crippen LogP contribution in [0.15, 0.2) is 10.6 Å². The second-order valence-electron chi connectivity index (χ2n) is 4.91. The van der Waals surface area contributed by atoms with Crippen molar-refractivity contribution < 1.29 is 14.1 Å². The Morgan fingerprint density at radius 3 is 2.95 bits per heavy atom. The topological polar surface area (TPSA) is 87.5 Å². The lowest BCUT2D eigenvalue weighted by Crippen LogP contribution is -2.43. The van der Waals surface area contributed by atoms with Gasteiger partial charge in [0.25, 0.3) is 0 Å². The number of likely N-dealkylation sites (N-methyl/N-ethyl adjacent to an activating group) is 1. The van der Waals surface area contributed by atoms with Crippen LogP contribution in [0.5, 0.6) is 0 Å². The number of rotatable bonds is 4. The highest BCUT2D eigenvalue weighted by molar-refractivity contribution is 6.39. The van der Waals surface area contributed by atoms with Gasteiger partial charge in [0.1, 0.15) is 5.76 Å². The van der Waals surface area contributed by atoms with E-state index in [0.717, 1.165) is 25.9 Å². The molecule has 7 heteroatoms. The van der Waals surface area contributed by atoms with E-state index in [1.54, 1.807) is 13.0 Å². The van der Waals surface area contributed by atoms with E-state index in [-0.39, 0.29) is 5.82 Å². The van der Waals surface area contributed by atoms with Crippen LogP contribution in [0.25, 0.3) is 0 Å². The fourth-order valence-corrected chi connectivity index (χ4v) is 2.43. The fraction of sp³-hybridized carbons (Fsp3) is 0.615. The van der Waals surface area contributed by atoms with Crippen molar-refractivity contribution in [1.82, 2.24) is 15.4 Å². The Bertz CT molecular complexity index is 486. The smallest absolute Gasteiger partial charge is 0.314 e. The third-order valence-electron chi connectivity index (χ3n) is 3.48. The number of nitrogens with one attached hydrogen (secondary N) is 2. The zero-order valence-electron chi connectivity index (χ0n) is 11.8. The van der Waals surface area contributed by atoms with Gasteiger partial charge in [0, 0.05) is 18.7 Å². The van der Waals surface area contributed by atoms with Gasteiger partial charge in [-0.2, -0.15) is 0 Å². The van der Waals surface area contributed by atoms with E-state index in [1.807, 2.05) is 0 Å². The Morgan fingerprint density at radius 2 is 2.30 bits per heavy atom. The number of amides is 2. The molecule has 0 saturated carbocycles. The summed E-state index contributed by atoms with van der Waals surface area (Å²) in [5.74, 6) is -0.545. The molecule has 2 rings (SSSR count). The number of carbonyl (C=O) groups is 2. The van der Waals surface area contributed by atoms with Crippen LogP contribution in [0.4, 0.5) is 5.82 Å². The molecule has 1 fully saturated rings. The Labute approximate surface area is 117 Å². The molecule has 0 spiro atoms. The number of likely N-dealkylation sites (tertiary alicyclic amines) is 1. The van der Waals surface area contributed by atoms with E-state index in [4.69, 9.17) is 4.52 Å². The van der Waals surface area contributed by atoms with E-state index >= 15 is 0 Å². The molecular formula is C13H20N4O3. The molecule has 1 saturated heterocycles. The van der Waals surface area contributed by atoms with E-state index in [9.17, 15) is 9.59 Å². The van der Waals surface area contributed by atoms with Crippen LogP contribution in [-0.2, 0) is 9.59 Å². The van der Waals surface area contributed by atoms with Gasteiger partial charge >= 0.3 is 11.8 Å². The second-order valence-corrected chi connectivity index (χ2v) is 4.91. The lowest BCUT2D eigenvalue weighted by atomic mass is 10.2. The van der Waals surface area contributed by atoms with Gasteiger partial charge in [-0.15, -0.1) is 0 Å². The summed E-state index contributed by atoms with van der Waals surface area (Å²) in [6, 6.07) is 1.88. The van der Waals surface area contributed by atoms with Crippen LogP contribution in [0.1, 0.15) is 25.5 Å². The summed E-state index contributed by atoms with van der Waals surface area (Å²) in [5.41, 5.74) is 0. The zero-order chi connectivity index (χ0) is 14.5. The predicted octanol–water partition coefficient (Wildman–Crippen LogP) is 0.522. The Morgan fingerprint density at radius 1 is 1.50 bits per heavy atom. The average Bonchev–Trinajstić information content (AvgIpc) is 3.04. The van der Waals surface area contributed by atoms with Crippen LogP contribution in [0.3, 0.4) is 0 Å². The van der Waals surface area contributed by atoms with E-state index in [2.05, 4.69) is 27.6 Å². The molecule has 110 valence electrons. The quantitative estimate of drug-likeness (QED) is 0.785. The van der Waals surface area contributed by atoms with Gasteiger partial charge in [-0.05, 0) is 32.9 Å². The largest absolute Gasteiger partial charge is 0.360 e. The summed E-state index contributed by atoms with van der Waals surface area (Å²) in [4.78, 5) is 25.7. The Balaban J connectivity index is 1.78. The molecule has 0 aromatic carbocycles. The predicted molar refractivity (Wildman–Crippen MR) is 73.1 cm³/mol. The van der Waals surface area contributed by atoms with Gasteiger partial charge in [-0.1, -0.05) is 12.1 Å². The molecule has 1 aromatic rings. The third-order valence-corrected chi connectivity index (χ3v) is 3.48. The maximum absolute atomic E-state index is 11.7. The van der Waals surface area contributed by atoms with Gasteiger partial charge in [-0.3, -0.25) is 19.8 Å². The van der Waals surface area contributed by atoms with Crippen molar-refractivity contribution in [2.75, 3.05) is 25.0 Å². The molecule has 1 aliphatic rings. The summed E-state index contributed by atoms with van der Waals surface area (Å²) >= 11 is 0. The van der Waals surface area contributed by atoms with E-state index in [0.29, 0.717) is 18.3 Å². The van der Waals surface area contributed by atoms with Gasteiger partial charge in [0.05, 0.1) is 0 Å². The van der Waals surface area contributed by atoms with Gasteiger partial charge in [0.15, 0.2) is 5.82 Å². The van der Waals surface area contributed by atoms with Crippen LogP contribution >= 0.6 is 0 Å². The summed E-state index contributed by atoms with van der Waals surface area (Å²) in [6.45, 7) is 6.33. The summed E-state index contributed by atoms with van der Waals surface area (Å²) in [7, 11) is 0. The number of carbonyl (C=O) groups excluding carboxylic acids is 2. The molecule has 7 nitrogen and oxygen atoms in total. The van der Waals surface area contributed by atoms with E-state index in [1.165, 1.54) is 0 Å². The minimum atomic E-state index is -0.723. The standard InChI is InChI=1S/C13H20N4O3/c1-3-17-6-4-5-10(17)8-14-12(18)13(19)15-11-7-9(2)20-16-11/h7,10H,3-6,8H2,1-2H3,(H,14,18)(H,15,16,19)/t10-/m0/s1. The van der Waals surface area contributed by atoms with Crippen LogP contribution in [-0.4, -0.2) is 47.5 Å². The van der Waals surface area contributed by atoms with Crippen molar-refractivity contribution in [3.05, 3.63) is 11.8 Å². The first-order chi connectivity index (χ1) is 9.60. The SMILES string of the molecule is CCN1CCC[C@H]1CNC(=O)C(=O)Nc1cc(C)on1. The number of aryl methyl sites for hydroxylation is 1. The highest BCUT2D eigenvalue weighted by Crippen LogP contribution is 2.15. The number of nitrogens with zero attached hydrogens (tertiary/aromatic N) is 2. The van der Waals surface area contributed by atoms with Crippen LogP contribution in [0, 0.1) is 6.92 Å². The normalized spacial score (nSPS) is 19.0. The minimum Gasteiger partial charge on any atom is -0.360 e. The van der Waals surface area contributed by atoms with Gasteiger partial charge in [-0.25, -0.2) is 0 Å². The molecule has 0 bridgehead atoms. The first-order valence-corrected chi connectivity index (χ1v) is 6.86. The zero-order valence-corrected chi connectivity index (χ0v) is 11.8. The van der Waals surface area contributed by atoms with Gasteiger partial charge < -0.3 is 9.84 Å². The lowest BCUT2D eigenvalue weighted by molar-refractivity contribution is -0.136. The molecule has 0 aliphatic carbocycles. The summed E-state index contributed by atoms with van der Waals surface area (Å²) in [5, 5.41) is 8.66. The molecule has 2 heterocycles. The first kappa shape index (κ1) is 14.5. The van der Waals surface area contributed by atoms with Crippen molar-refractivity contribution in [3.63, 3.8) is 0 Å². The minimum absolute atomic E-state index is 0.249. The van der Waals surface area contributed by atoms with Crippen LogP contribution in [0.2, 0.25) is 0 Å². The average molecular weight is 280 g/mol. The molecule has 2 amide bonds. The molecule has 0 unspecified atom stereocenters. The highest BCUT2D eigenvalue weighted by Gasteiger charge is 2.24. The first-order valence-electron chi connectivity index (χ1n) is 6.86. The number of aromatic nitrogens is 1. The van der Waals surface area contributed by atoms with Crippen molar-refractivity contribution in [2.45, 2.75) is 32.7 Å². The molecular weight excluding hydrogens is 260 g/mol. The van der Waals surface area contributed by atoms with Gasteiger partial charge in [0.2, 0.25) is 0 Å².